The lowest BCUT2D eigenvalue weighted by Crippen LogP contribution is -2.40. The zero-order chi connectivity index (χ0) is 10.1. The number of nitrogens with zero attached hydrogens (tertiary/aromatic N) is 3. The van der Waals surface area contributed by atoms with Crippen LogP contribution in [-0.4, -0.2) is 30.1 Å². The molecule has 0 spiro atoms. The molecule has 1 aliphatic heterocycles. The first-order valence-electron chi connectivity index (χ1n) is 4.89. The monoisotopic (exact) mass is 192 g/mol. The zero-order valence-electron chi connectivity index (χ0n) is 8.70. The summed E-state index contributed by atoms with van der Waals surface area (Å²) in [5.74, 6) is 1.02. The molecule has 2 rings (SSSR count). The Morgan fingerprint density at radius 2 is 2.36 bits per heavy atom. The Morgan fingerprint density at radius 1 is 1.57 bits per heavy atom. The summed E-state index contributed by atoms with van der Waals surface area (Å²) in [5, 5.41) is 0. The maximum atomic E-state index is 5.93. The number of nitrogen functional groups attached to an aromatic ring is 1. The van der Waals surface area contributed by atoms with Crippen molar-refractivity contribution in [2.75, 3.05) is 30.9 Å². The van der Waals surface area contributed by atoms with E-state index in [0.29, 0.717) is 0 Å². The molecule has 0 saturated carbocycles. The highest BCUT2D eigenvalue weighted by atomic mass is 15.3. The van der Waals surface area contributed by atoms with E-state index in [-0.39, 0.29) is 0 Å². The predicted octanol–water partition coefficient (Wildman–Crippen LogP) is 0.893. The summed E-state index contributed by atoms with van der Waals surface area (Å²) in [6, 6.07) is 1.87. The van der Waals surface area contributed by atoms with Crippen molar-refractivity contribution in [1.82, 2.24) is 9.88 Å². The smallest absolute Gasteiger partial charge is 0.135 e. The van der Waals surface area contributed by atoms with Crippen LogP contribution in [0.3, 0.4) is 0 Å². The quantitative estimate of drug-likeness (QED) is 0.718. The molecule has 0 atom stereocenters. The molecule has 0 fully saturated rings. The first kappa shape index (κ1) is 9.27. The fourth-order valence-electron chi connectivity index (χ4n) is 1.84. The molecule has 76 valence electrons. The third-order valence-electron chi connectivity index (χ3n) is 2.67. The van der Waals surface area contributed by atoms with Crippen molar-refractivity contribution in [1.29, 1.82) is 0 Å². The fraction of sp³-hybridized carbons (Fsp3) is 0.500. The van der Waals surface area contributed by atoms with E-state index in [2.05, 4.69) is 21.7 Å². The Balaban J connectivity index is 2.40. The van der Waals surface area contributed by atoms with Crippen LogP contribution in [0.1, 0.15) is 12.5 Å². The Kier molecular flexibility index (Phi) is 2.29. The Bertz CT molecular complexity index is 337. The van der Waals surface area contributed by atoms with Crippen molar-refractivity contribution in [2.45, 2.75) is 13.5 Å². The zero-order valence-corrected chi connectivity index (χ0v) is 8.70. The maximum Gasteiger partial charge on any atom is 0.135 e. The molecule has 0 amide bonds. The highest BCUT2D eigenvalue weighted by Gasteiger charge is 2.21. The largest absolute Gasteiger partial charge is 0.398 e. The van der Waals surface area contributed by atoms with Gasteiger partial charge in [0.2, 0.25) is 0 Å². The topological polar surface area (TPSA) is 45.4 Å². The van der Waals surface area contributed by atoms with Gasteiger partial charge in [0.15, 0.2) is 0 Å². The van der Waals surface area contributed by atoms with Gasteiger partial charge in [0.05, 0.1) is 6.67 Å². The molecule has 1 aliphatic rings. The summed E-state index contributed by atoms with van der Waals surface area (Å²) in [6.07, 6.45) is 1.77. The molecule has 0 aliphatic carbocycles. The number of hydrogen-bond donors (Lipinski definition) is 1. The molecular weight excluding hydrogens is 176 g/mol. The van der Waals surface area contributed by atoms with Gasteiger partial charge in [0.25, 0.3) is 0 Å². The molecule has 0 unspecified atom stereocenters. The second-order valence-corrected chi connectivity index (χ2v) is 3.69. The van der Waals surface area contributed by atoms with Gasteiger partial charge in [-0.1, -0.05) is 6.92 Å². The van der Waals surface area contributed by atoms with Crippen molar-refractivity contribution in [3.8, 4) is 0 Å². The van der Waals surface area contributed by atoms with Gasteiger partial charge in [0.1, 0.15) is 5.82 Å². The summed E-state index contributed by atoms with van der Waals surface area (Å²) >= 11 is 0. The van der Waals surface area contributed by atoms with E-state index >= 15 is 0 Å². The number of fused-ring (bicyclic) bond motifs is 1. The van der Waals surface area contributed by atoms with E-state index in [9.17, 15) is 0 Å². The minimum absolute atomic E-state index is 0.847. The molecule has 0 radical (unpaired) electrons. The Labute approximate surface area is 84.3 Å². The molecule has 4 heteroatoms. The summed E-state index contributed by atoms with van der Waals surface area (Å²) < 4.78 is 0. The molecule has 1 aromatic rings. The van der Waals surface area contributed by atoms with Crippen LogP contribution in [0.15, 0.2) is 12.3 Å². The van der Waals surface area contributed by atoms with E-state index in [4.69, 9.17) is 5.73 Å². The SMILES string of the molecule is CCN1Cc2c(N)ccnc2N(C)C1. The van der Waals surface area contributed by atoms with Gasteiger partial charge in [-0.25, -0.2) is 4.98 Å². The van der Waals surface area contributed by atoms with E-state index in [1.54, 1.807) is 6.20 Å². The fourth-order valence-corrected chi connectivity index (χ4v) is 1.84. The van der Waals surface area contributed by atoms with Crippen LogP contribution in [0.4, 0.5) is 11.5 Å². The molecule has 1 aromatic heterocycles. The van der Waals surface area contributed by atoms with E-state index in [1.807, 2.05) is 13.1 Å². The summed E-state index contributed by atoms with van der Waals surface area (Å²) in [4.78, 5) is 8.82. The van der Waals surface area contributed by atoms with Crippen LogP contribution in [0, 0.1) is 0 Å². The van der Waals surface area contributed by atoms with Crippen LogP contribution in [-0.2, 0) is 6.54 Å². The summed E-state index contributed by atoms with van der Waals surface area (Å²) in [5.41, 5.74) is 7.93. The van der Waals surface area contributed by atoms with Gasteiger partial charge < -0.3 is 10.6 Å². The van der Waals surface area contributed by atoms with E-state index in [0.717, 1.165) is 36.8 Å². The highest BCUT2D eigenvalue weighted by molar-refractivity contribution is 5.61. The molecule has 0 bridgehead atoms. The average Bonchev–Trinajstić information content (AvgIpc) is 2.19. The van der Waals surface area contributed by atoms with E-state index in [1.165, 1.54) is 0 Å². The van der Waals surface area contributed by atoms with Crippen molar-refractivity contribution >= 4 is 11.5 Å². The lowest BCUT2D eigenvalue weighted by molar-refractivity contribution is 0.270. The first-order chi connectivity index (χ1) is 6.72. The molecular formula is C10H16N4. The molecule has 2 heterocycles. The van der Waals surface area contributed by atoms with Crippen LogP contribution < -0.4 is 10.6 Å². The molecule has 0 saturated heterocycles. The number of nitrogens with two attached hydrogens (primary N) is 1. The molecule has 0 aromatic carbocycles. The normalized spacial score (nSPS) is 16.9. The number of aromatic nitrogens is 1. The van der Waals surface area contributed by atoms with Gasteiger partial charge in [-0.15, -0.1) is 0 Å². The van der Waals surface area contributed by atoms with Gasteiger partial charge >= 0.3 is 0 Å². The van der Waals surface area contributed by atoms with Crippen LogP contribution in [0.5, 0.6) is 0 Å². The number of pyridine rings is 1. The molecule has 14 heavy (non-hydrogen) atoms. The summed E-state index contributed by atoms with van der Waals surface area (Å²) in [6.45, 7) is 5.04. The van der Waals surface area contributed by atoms with Gasteiger partial charge in [-0.3, -0.25) is 4.90 Å². The van der Waals surface area contributed by atoms with Crippen molar-refractivity contribution in [3.63, 3.8) is 0 Å². The number of anilines is 2. The molecule has 4 nitrogen and oxygen atoms in total. The van der Waals surface area contributed by atoms with E-state index < -0.39 is 0 Å². The van der Waals surface area contributed by atoms with Crippen LogP contribution in [0.2, 0.25) is 0 Å². The van der Waals surface area contributed by atoms with Gasteiger partial charge in [-0.2, -0.15) is 0 Å². The third-order valence-corrected chi connectivity index (χ3v) is 2.67. The van der Waals surface area contributed by atoms with Gasteiger partial charge in [-0.05, 0) is 12.6 Å². The second-order valence-electron chi connectivity index (χ2n) is 3.69. The van der Waals surface area contributed by atoms with Crippen molar-refractivity contribution < 1.29 is 0 Å². The first-order valence-corrected chi connectivity index (χ1v) is 4.89. The Morgan fingerprint density at radius 3 is 3.07 bits per heavy atom. The lowest BCUT2D eigenvalue weighted by Gasteiger charge is -2.35. The van der Waals surface area contributed by atoms with Crippen LogP contribution in [0.25, 0.3) is 0 Å². The lowest BCUT2D eigenvalue weighted by atomic mass is 10.1. The maximum absolute atomic E-state index is 5.93. The van der Waals surface area contributed by atoms with Crippen molar-refractivity contribution in [2.24, 2.45) is 0 Å². The Hall–Kier alpha value is -1.29. The average molecular weight is 192 g/mol. The van der Waals surface area contributed by atoms with Crippen LogP contribution >= 0.6 is 0 Å². The molecule has 2 N–H and O–H groups in total. The standard InChI is InChI=1S/C10H16N4/c1-3-14-6-8-9(11)4-5-12-10(8)13(2)7-14/h4-5H,3,6-7H2,1-2H3,(H2,11,12). The highest BCUT2D eigenvalue weighted by Crippen LogP contribution is 2.27. The number of rotatable bonds is 1. The summed E-state index contributed by atoms with van der Waals surface area (Å²) in [7, 11) is 2.05. The van der Waals surface area contributed by atoms with Crippen molar-refractivity contribution in [3.05, 3.63) is 17.8 Å². The number of hydrogen-bond acceptors (Lipinski definition) is 4. The third kappa shape index (κ3) is 1.42. The minimum atomic E-state index is 0.847. The second kappa shape index (κ2) is 3.46. The minimum Gasteiger partial charge on any atom is -0.398 e. The predicted molar refractivity (Wildman–Crippen MR) is 58.0 cm³/mol. The van der Waals surface area contributed by atoms with Gasteiger partial charge in [0, 0.05) is 31.0 Å².